The van der Waals surface area contributed by atoms with Crippen molar-refractivity contribution in [2.45, 2.75) is 51.8 Å². The van der Waals surface area contributed by atoms with Crippen LogP contribution in [-0.4, -0.2) is 36.6 Å². The molecule has 1 aromatic carbocycles. The highest BCUT2D eigenvalue weighted by atomic mass is 31.2. The van der Waals surface area contributed by atoms with Crippen molar-refractivity contribution < 1.29 is 13.8 Å². The summed E-state index contributed by atoms with van der Waals surface area (Å²) < 4.78 is 21.1. The first kappa shape index (κ1) is 31.4. The molecule has 1 atom stereocenters. The summed E-state index contributed by atoms with van der Waals surface area (Å²) in [5.74, 6) is 0. The highest BCUT2D eigenvalue weighted by molar-refractivity contribution is 7.44. The number of nitrogens with zero attached hydrogens (tertiary/aromatic N) is 2. The molecule has 0 saturated carbocycles. The predicted octanol–water partition coefficient (Wildman–Crippen LogP) is 7.79. The zero-order valence-corrected chi connectivity index (χ0v) is 23.1. The van der Waals surface area contributed by atoms with Gasteiger partial charge in [0.2, 0.25) is 0 Å². The van der Waals surface area contributed by atoms with E-state index in [4.69, 9.17) is 19.0 Å². The minimum absolute atomic E-state index is 0.216. The fourth-order valence-electron chi connectivity index (χ4n) is 3.96. The van der Waals surface area contributed by atoms with Gasteiger partial charge in [-0.2, -0.15) is 5.26 Å². The maximum atomic E-state index is 8.95. The molecule has 0 aliphatic rings. The molecule has 36 heavy (non-hydrogen) atoms. The summed E-state index contributed by atoms with van der Waals surface area (Å²) in [4.78, 5) is 0. The van der Waals surface area contributed by atoms with Crippen molar-refractivity contribution in [1.29, 1.82) is 5.26 Å². The third-order valence-electron chi connectivity index (χ3n) is 5.29. The van der Waals surface area contributed by atoms with Crippen molar-refractivity contribution in [2.24, 2.45) is 0 Å². The van der Waals surface area contributed by atoms with Crippen LogP contribution in [0.3, 0.4) is 0 Å². The summed E-state index contributed by atoms with van der Waals surface area (Å²) in [6.45, 7) is 25.2. The molecule has 194 valence electrons. The Morgan fingerprint density at radius 2 is 1.44 bits per heavy atom. The van der Waals surface area contributed by atoms with Crippen LogP contribution in [-0.2, 0) is 19.4 Å². The molecule has 0 amide bonds. The van der Waals surface area contributed by atoms with Gasteiger partial charge in [-0.25, -0.2) is 4.67 Å². The third kappa shape index (κ3) is 8.52. The van der Waals surface area contributed by atoms with Gasteiger partial charge >= 0.3 is 0 Å². The lowest BCUT2D eigenvalue weighted by atomic mass is 9.78. The first-order valence-corrected chi connectivity index (χ1v) is 13.3. The lowest BCUT2D eigenvalue weighted by Gasteiger charge is -2.38. The summed E-state index contributed by atoms with van der Waals surface area (Å²) >= 11 is 0. The molecule has 0 fully saturated rings. The maximum absolute atomic E-state index is 8.95. The molecule has 0 spiro atoms. The van der Waals surface area contributed by atoms with E-state index < -0.39 is 14.1 Å². The summed E-state index contributed by atoms with van der Waals surface area (Å²) in [6, 6.07) is 12.5. The average molecular weight is 509 g/mol. The van der Waals surface area contributed by atoms with E-state index in [-0.39, 0.29) is 18.7 Å². The Labute approximate surface area is 219 Å². The molecular weight excluding hydrogens is 467 g/mol. The Bertz CT molecular complexity index is 907. The van der Waals surface area contributed by atoms with Crippen LogP contribution < -0.4 is 0 Å². The molecule has 1 aromatic rings. The van der Waals surface area contributed by atoms with Crippen molar-refractivity contribution in [2.75, 3.05) is 19.8 Å². The molecule has 0 heterocycles. The Kier molecular flexibility index (Phi) is 14.8. The zero-order valence-electron chi connectivity index (χ0n) is 22.2. The minimum Gasteiger partial charge on any atom is -0.358 e. The lowest BCUT2D eigenvalue weighted by Crippen LogP contribution is -2.36. The van der Waals surface area contributed by atoms with Crippen LogP contribution >= 0.6 is 8.53 Å². The van der Waals surface area contributed by atoms with E-state index in [2.05, 4.69) is 64.8 Å². The van der Waals surface area contributed by atoms with E-state index in [0.717, 1.165) is 16.7 Å². The van der Waals surface area contributed by atoms with E-state index in [0.29, 0.717) is 19.6 Å². The molecule has 6 heteroatoms. The molecule has 1 unspecified atom stereocenters. The Balaban J connectivity index is 3.36. The van der Waals surface area contributed by atoms with Crippen LogP contribution in [0.5, 0.6) is 0 Å². The van der Waals surface area contributed by atoms with Gasteiger partial charge in [-0.3, -0.25) is 0 Å². The molecule has 5 nitrogen and oxygen atoms in total. The van der Waals surface area contributed by atoms with Gasteiger partial charge in [-0.1, -0.05) is 93.1 Å². The Hall–Kier alpha value is -2.58. The molecule has 0 aliphatic heterocycles. The van der Waals surface area contributed by atoms with Crippen molar-refractivity contribution >= 4 is 8.53 Å². The maximum Gasteiger partial charge on any atom is 0.259 e. The van der Waals surface area contributed by atoms with Gasteiger partial charge in [-0.15, -0.1) is 0 Å². The standard InChI is InChI=1S/C30H41N2O3P/c1-9-17-27(11-3)30(28(12-4)18-10-2,29-19-14-13-15-20-29)33-23-24-35-36(34-22-16-21-31)32(25(5)6)26(7)8/h9-15,17-20,25-26H,1-4,16,22-24H2,5-8H3/b27-17+,28-18+. The second-order valence-corrected chi connectivity index (χ2v) is 9.85. The van der Waals surface area contributed by atoms with Crippen LogP contribution in [0, 0.1) is 11.3 Å². The summed E-state index contributed by atoms with van der Waals surface area (Å²) in [6.07, 6.45) is 11.1. The molecule has 0 bridgehead atoms. The average Bonchev–Trinajstić information content (AvgIpc) is 2.86. The van der Waals surface area contributed by atoms with E-state index in [1.807, 2.05) is 42.5 Å². The molecule has 0 radical (unpaired) electrons. The Morgan fingerprint density at radius 3 is 1.89 bits per heavy atom. The molecule has 1 rings (SSSR count). The second-order valence-electron chi connectivity index (χ2n) is 8.40. The third-order valence-corrected chi connectivity index (χ3v) is 7.40. The predicted molar refractivity (Wildman–Crippen MR) is 152 cm³/mol. The van der Waals surface area contributed by atoms with Gasteiger partial charge in [-0.05, 0) is 44.4 Å². The van der Waals surface area contributed by atoms with Gasteiger partial charge < -0.3 is 13.8 Å². The van der Waals surface area contributed by atoms with Crippen molar-refractivity contribution in [3.8, 4) is 6.07 Å². The second kappa shape index (κ2) is 17.0. The zero-order chi connectivity index (χ0) is 27.0. The summed E-state index contributed by atoms with van der Waals surface area (Å²) in [7, 11) is -1.37. The van der Waals surface area contributed by atoms with E-state index in [9.17, 15) is 0 Å². The normalized spacial score (nSPS) is 14.8. The van der Waals surface area contributed by atoms with Crippen molar-refractivity contribution in [1.82, 2.24) is 4.67 Å². The monoisotopic (exact) mass is 508 g/mol. The first-order valence-electron chi connectivity index (χ1n) is 12.2. The quantitative estimate of drug-likeness (QED) is 0.115. The van der Waals surface area contributed by atoms with Crippen molar-refractivity contribution in [3.05, 3.63) is 110 Å². The van der Waals surface area contributed by atoms with Crippen molar-refractivity contribution in [3.63, 3.8) is 0 Å². The number of rotatable bonds is 18. The number of allylic oxidation sites excluding steroid dienone is 4. The first-order chi connectivity index (χ1) is 17.3. The molecule has 0 aromatic heterocycles. The van der Waals surface area contributed by atoms with Gasteiger partial charge in [0.25, 0.3) is 8.53 Å². The van der Waals surface area contributed by atoms with Crippen LogP contribution in [0.25, 0.3) is 0 Å². The number of benzene rings is 1. The van der Waals surface area contributed by atoms with Gasteiger partial charge in [0, 0.05) is 12.1 Å². The summed E-state index contributed by atoms with van der Waals surface area (Å²) in [5, 5.41) is 8.95. The largest absolute Gasteiger partial charge is 0.358 e. The number of hydrogen-bond donors (Lipinski definition) is 0. The fraction of sp³-hybridized carbons (Fsp3) is 0.367. The van der Waals surface area contributed by atoms with E-state index in [1.165, 1.54) is 0 Å². The highest BCUT2D eigenvalue weighted by Gasteiger charge is 2.39. The molecule has 0 saturated heterocycles. The molecule has 0 N–H and O–H groups in total. The number of ether oxygens (including phenoxy) is 1. The van der Waals surface area contributed by atoms with Crippen LogP contribution in [0.2, 0.25) is 0 Å². The SMILES string of the molecule is C=C/C=C(\C=C)C(OCCOP(OCCC#N)N(C(C)C)C(C)C)(/C(C=C)=C/C=C)c1ccccc1. The highest BCUT2D eigenvalue weighted by Crippen LogP contribution is 2.46. The van der Waals surface area contributed by atoms with Gasteiger partial charge in [0.05, 0.1) is 32.3 Å². The van der Waals surface area contributed by atoms with Gasteiger partial charge in [0.15, 0.2) is 0 Å². The molecule has 0 aliphatic carbocycles. The number of hydrogen-bond acceptors (Lipinski definition) is 5. The van der Waals surface area contributed by atoms with E-state index in [1.54, 1.807) is 24.3 Å². The Morgan fingerprint density at radius 1 is 0.917 bits per heavy atom. The topological polar surface area (TPSA) is 54.7 Å². The summed E-state index contributed by atoms with van der Waals surface area (Å²) in [5.41, 5.74) is 1.56. The fourth-order valence-corrected chi connectivity index (χ4v) is 5.53. The van der Waals surface area contributed by atoms with Crippen LogP contribution in [0.4, 0.5) is 0 Å². The number of nitriles is 1. The lowest BCUT2D eigenvalue weighted by molar-refractivity contribution is -0.00587. The van der Waals surface area contributed by atoms with Crippen LogP contribution in [0.15, 0.2) is 104 Å². The van der Waals surface area contributed by atoms with E-state index >= 15 is 0 Å². The minimum atomic E-state index is -1.37. The van der Waals surface area contributed by atoms with Crippen LogP contribution in [0.1, 0.15) is 39.7 Å². The van der Waals surface area contributed by atoms with Gasteiger partial charge in [0.1, 0.15) is 5.60 Å². The molecular formula is C30H41N2O3P. The smallest absolute Gasteiger partial charge is 0.259 e.